The maximum atomic E-state index is 9.44. The first kappa shape index (κ1) is 12.3. The van der Waals surface area contributed by atoms with Crippen molar-refractivity contribution >= 4 is 11.8 Å². The third-order valence-electron chi connectivity index (χ3n) is 2.08. The zero-order chi connectivity index (χ0) is 11.3. The van der Waals surface area contributed by atoms with Crippen molar-refractivity contribution in [1.29, 1.82) is 0 Å². The van der Waals surface area contributed by atoms with Crippen LogP contribution in [0.1, 0.15) is 32.4 Å². The fourth-order valence-electron chi connectivity index (χ4n) is 1.17. The Labute approximate surface area is 96.2 Å². The van der Waals surface area contributed by atoms with Crippen LogP contribution < -0.4 is 0 Å². The van der Waals surface area contributed by atoms with E-state index in [2.05, 4.69) is 26.0 Å². The Morgan fingerprint density at radius 2 is 2.20 bits per heavy atom. The van der Waals surface area contributed by atoms with Crippen LogP contribution in [0, 0.1) is 0 Å². The molecule has 0 aliphatic rings. The number of aliphatic hydroxyl groups excluding tert-OH is 1. The Hall–Kier alpha value is -0.730. The largest absolute Gasteiger partial charge is 0.389 e. The minimum atomic E-state index is -0.381. The number of rotatable bonds is 4. The van der Waals surface area contributed by atoms with Gasteiger partial charge in [-0.05, 0) is 38.5 Å². The monoisotopic (exact) mass is 222 g/mol. The summed E-state index contributed by atoms with van der Waals surface area (Å²) in [5.74, 6) is 0.992. The van der Waals surface area contributed by atoms with Gasteiger partial charge in [0.2, 0.25) is 0 Å². The van der Waals surface area contributed by atoms with Crippen LogP contribution in [0.25, 0.3) is 0 Å². The van der Waals surface area contributed by atoms with Crippen molar-refractivity contribution in [2.24, 2.45) is 0 Å². The Morgan fingerprint density at radius 1 is 1.47 bits per heavy atom. The highest BCUT2D eigenvalue weighted by Crippen LogP contribution is 2.22. The number of benzene rings is 1. The van der Waals surface area contributed by atoms with Crippen molar-refractivity contribution in [3.05, 3.63) is 41.5 Å². The molecule has 0 fully saturated rings. The van der Waals surface area contributed by atoms with E-state index in [9.17, 15) is 5.11 Å². The average Bonchev–Trinajstić information content (AvgIpc) is 2.17. The molecule has 1 nitrogen and oxygen atoms in total. The third kappa shape index (κ3) is 4.54. The first-order valence-corrected chi connectivity index (χ1v) is 6.12. The zero-order valence-corrected chi connectivity index (χ0v) is 10.3. The number of aliphatic hydroxyl groups is 1. The summed E-state index contributed by atoms with van der Waals surface area (Å²) in [6.07, 6.45) is 1.83. The van der Waals surface area contributed by atoms with Gasteiger partial charge in [0, 0.05) is 10.6 Å². The second-order valence-corrected chi connectivity index (χ2v) is 4.93. The van der Waals surface area contributed by atoms with E-state index in [1.165, 1.54) is 10.5 Å². The first-order valence-electron chi connectivity index (χ1n) is 5.14. The molecule has 0 amide bonds. The number of hydrogen-bond acceptors (Lipinski definition) is 2. The van der Waals surface area contributed by atoms with E-state index >= 15 is 0 Å². The second kappa shape index (κ2) is 5.99. The van der Waals surface area contributed by atoms with Crippen molar-refractivity contribution < 1.29 is 5.11 Å². The van der Waals surface area contributed by atoms with Crippen molar-refractivity contribution in [3.63, 3.8) is 0 Å². The molecule has 1 N–H and O–H groups in total. The zero-order valence-electron chi connectivity index (χ0n) is 9.53. The molecule has 0 heterocycles. The van der Waals surface area contributed by atoms with Crippen LogP contribution >= 0.6 is 11.8 Å². The van der Waals surface area contributed by atoms with Gasteiger partial charge in [0.15, 0.2) is 0 Å². The highest BCUT2D eigenvalue weighted by molar-refractivity contribution is 7.99. The van der Waals surface area contributed by atoms with Crippen molar-refractivity contribution in [1.82, 2.24) is 0 Å². The summed E-state index contributed by atoms with van der Waals surface area (Å²) >= 11 is 1.79. The molecule has 0 spiro atoms. The van der Waals surface area contributed by atoms with E-state index in [1.807, 2.05) is 18.2 Å². The molecule has 0 aliphatic carbocycles. The van der Waals surface area contributed by atoms with Crippen LogP contribution in [0.4, 0.5) is 0 Å². The van der Waals surface area contributed by atoms with Crippen molar-refractivity contribution in [3.8, 4) is 0 Å². The van der Waals surface area contributed by atoms with Gasteiger partial charge in [-0.2, -0.15) is 0 Å². The van der Waals surface area contributed by atoms with Crippen LogP contribution in [0.3, 0.4) is 0 Å². The molecule has 0 aromatic heterocycles. The summed E-state index contributed by atoms with van der Waals surface area (Å²) in [4.78, 5) is 1.21. The lowest BCUT2D eigenvalue weighted by molar-refractivity contribution is 0.199. The van der Waals surface area contributed by atoms with Gasteiger partial charge in [-0.1, -0.05) is 23.8 Å². The molecule has 1 aromatic rings. The van der Waals surface area contributed by atoms with Crippen molar-refractivity contribution in [2.45, 2.75) is 31.8 Å². The fourth-order valence-corrected chi connectivity index (χ4v) is 2.17. The Kier molecular flexibility index (Phi) is 4.92. The highest BCUT2D eigenvalue weighted by atomic mass is 32.2. The second-order valence-electron chi connectivity index (χ2n) is 3.84. The molecule has 82 valence electrons. The summed E-state index contributed by atoms with van der Waals surface area (Å²) < 4.78 is 0. The average molecular weight is 222 g/mol. The van der Waals surface area contributed by atoms with E-state index in [0.29, 0.717) is 0 Å². The summed E-state index contributed by atoms with van der Waals surface area (Å²) in [5, 5.41) is 9.44. The molecular formula is C13H18OS. The lowest BCUT2D eigenvalue weighted by Crippen LogP contribution is -1.90. The summed E-state index contributed by atoms with van der Waals surface area (Å²) in [6, 6.07) is 8.08. The lowest BCUT2D eigenvalue weighted by atomic mass is 10.1. The Morgan fingerprint density at radius 3 is 2.80 bits per heavy atom. The number of hydrogen-bond donors (Lipinski definition) is 1. The van der Waals surface area contributed by atoms with E-state index in [0.717, 1.165) is 11.3 Å². The molecule has 1 atom stereocenters. The molecule has 1 rings (SSSR count). The van der Waals surface area contributed by atoms with Gasteiger partial charge >= 0.3 is 0 Å². The summed E-state index contributed by atoms with van der Waals surface area (Å²) in [6.45, 7) is 6.00. The fraction of sp³-hybridized carbons (Fsp3) is 0.385. The Balaban J connectivity index is 2.62. The van der Waals surface area contributed by atoms with E-state index in [1.54, 1.807) is 18.7 Å². The van der Waals surface area contributed by atoms with E-state index in [4.69, 9.17) is 0 Å². The maximum Gasteiger partial charge on any atom is 0.0762 e. The molecule has 15 heavy (non-hydrogen) atoms. The van der Waals surface area contributed by atoms with Gasteiger partial charge in [0.25, 0.3) is 0 Å². The van der Waals surface area contributed by atoms with Gasteiger partial charge in [0.1, 0.15) is 0 Å². The predicted octanol–water partition coefficient (Wildman–Crippen LogP) is 3.80. The molecule has 0 saturated heterocycles. The highest BCUT2D eigenvalue weighted by Gasteiger charge is 2.01. The minimum Gasteiger partial charge on any atom is -0.389 e. The van der Waals surface area contributed by atoms with Crippen LogP contribution in [-0.2, 0) is 0 Å². The van der Waals surface area contributed by atoms with Crippen LogP contribution in [-0.4, -0.2) is 10.9 Å². The molecule has 0 saturated carbocycles. The smallest absolute Gasteiger partial charge is 0.0762 e. The normalized spacial score (nSPS) is 12.3. The molecule has 0 radical (unpaired) electrons. The predicted molar refractivity (Wildman–Crippen MR) is 67.2 cm³/mol. The van der Waals surface area contributed by atoms with Gasteiger partial charge < -0.3 is 5.11 Å². The van der Waals surface area contributed by atoms with E-state index in [-0.39, 0.29) is 6.10 Å². The van der Waals surface area contributed by atoms with Gasteiger partial charge in [0.05, 0.1) is 6.10 Å². The lowest BCUT2D eigenvalue weighted by Gasteiger charge is -2.06. The molecular weight excluding hydrogens is 204 g/mol. The van der Waals surface area contributed by atoms with Crippen LogP contribution in [0.2, 0.25) is 0 Å². The van der Waals surface area contributed by atoms with E-state index < -0.39 is 0 Å². The maximum absolute atomic E-state index is 9.44. The molecule has 1 unspecified atom stereocenters. The first-order chi connectivity index (χ1) is 7.09. The summed E-state index contributed by atoms with van der Waals surface area (Å²) in [7, 11) is 0. The third-order valence-corrected chi connectivity index (χ3v) is 3.00. The summed E-state index contributed by atoms with van der Waals surface area (Å²) in [5.41, 5.74) is 2.33. The SMILES string of the molecule is CC(C)=CCSc1cccc(C(C)O)c1. The molecule has 2 heteroatoms. The number of allylic oxidation sites excluding steroid dienone is 1. The standard InChI is InChI=1S/C13H18OS/c1-10(2)7-8-15-13-6-4-5-12(9-13)11(3)14/h4-7,9,11,14H,8H2,1-3H3. The quantitative estimate of drug-likeness (QED) is 0.617. The van der Waals surface area contributed by atoms with Gasteiger partial charge in [-0.3, -0.25) is 0 Å². The van der Waals surface area contributed by atoms with Crippen molar-refractivity contribution in [2.75, 3.05) is 5.75 Å². The molecule has 0 aliphatic heterocycles. The molecule has 1 aromatic carbocycles. The topological polar surface area (TPSA) is 20.2 Å². The van der Waals surface area contributed by atoms with Gasteiger partial charge in [-0.15, -0.1) is 11.8 Å². The van der Waals surface area contributed by atoms with Gasteiger partial charge in [-0.25, -0.2) is 0 Å². The minimum absolute atomic E-state index is 0.381. The van der Waals surface area contributed by atoms with Crippen LogP contribution in [0.15, 0.2) is 40.8 Å². The van der Waals surface area contributed by atoms with Crippen LogP contribution in [0.5, 0.6) is 0 Å². The number of thioether (sulfide) groups is 1. The Bertz CT molecular complexity index is 338. The molecule has 0 bridgehead atoms.